The number of hydrogen-bond acceptors (Lipinski definition) is 3. The summed E-state index contributed by atoms with van der Waals surface area (Å²) in [5.74, 6) is 0. The van der Waals surface area contributed by atoms with Gasteiger partial charge in [0.1, 0.15) is 0 Å². The molecular formula is C7H14N2S. The maximum absolute atomic E-state index is 4.25. The topological polar surface area (TPSA) is 6.48 Å². The van der Waals surface area contributed by atoms with Crippen LogP contribution in [-0.2, 0) is 0 Å². The molecule has 0 atom stereocenters. The molecule has 0 aliphatic carbocycles. The van der Waals surface area contributed by atoms with E-state index < -0.39 is 0 Å². The van der Waals surface area contributed by atoms with Crippen molar-refractivity contribution in [1.82, 2.24) is 9.21 Å². The third kappa shape index (κ3) is 2.33. The third-order valence-electron chi connectivity index (χ3n) is 1.74. The van der Waals surface area contributed by atoms with E-state index in [1.165, 1.54) is 0 Å². The highest BCUT2D eigenvalue weighted by atomic mass is 32.1. The summed E-state index contributed by atoms with van der Waals surface area (Å²) in [4.78, 5) is 2.37. The molecule has 0 N–H and O–H groups in total. The Balaban J connectivity index is 2.19. The zero-order valence-electron chi connectivity index (χ0n) is 6.16. The summed E-state index contributed by atoms with van der Waals surface area (Å²) in [7, 11) is 0. The molecule has 1 fully saturated rings. The van der Waals surface area contributed by atoms with E-state index in [1.54, 1.807) is 0 Å². The monoisotopic (exact) mass is 158 g/mol. The first-order valence-corrected chi connectivity index (χ1v) is 4.00. The summed E-state index contributed by atoms with van der Waals surface area (Å²) in [5.41, 5.74) is 0. The van der Waals surface area contributed by atoms with Crippen LogP contribution in [0.1, 0.15) is 0 Å². The van der Waals surface area contributed by atoms with Gasteiger partial charge in [0.15, 0.2) is 0 Å². The largest absolute Gasteiger partial charge is 0.297 e. The van der Waals surface area contributed by atoms with Crippen LogP contribution in [0.3, 0.4) is 0 Å². The molecule has 0 aromatic carbocycles. The minimum atomic E-state index is 1.02. The Bertz CT molecular complexity index is 108. The molecule has 2 nitrogen and oxygen atoms in total. The maximum atomic E-state index is 4.25. The molecule has 3 heteroatoms. The Hall–Kier alpha value is 0.0100. The fourth-order valence-corrected chi connectivity index (χ4v) is 1.28. The van der Waals surface area contributed by atoms with E-state index >= 15 is 0 Å². The smallest absolute Gasteiger partial charge is 0.0216 e. The molecule has 1 saturated heterocycles. The second-order valence-electron chi connectivity index (χ2n) is 2.54. The van der Waals surface area contributed by atoms with Gasteiger partial charge >= 0.3 is 0 Å². The molecule has 1 rings (SSSR count). The van der Waals surface area contributed by atoms with Crippen LogP contribution in [-0.4, -0.2) is 41.9 Å². The lowest BCUT2D eigenvalue weighted by atomic mass is 10.3. The van der Waals surface area contributed by atoms with E-state index in [1.807, 2.05) is 6.08 Å². The first-order valence-electron chi connectivity index (χ1n) is 3.60. The van der Waals surface area contributed by atoms with E-state index in [9.17, 15) is 0 Å². The summed E-state index contributed by atoms with van der Waals surface area (Å²) >= 11 is 4.25. The van der Waals surface area contributed by atoms with Gasteiger partial charge in [0.25, 0.3) is 0 Å². The molecule has 0 spiro atoms. The Morgan fingerprint density at radius 2 is 1.90 bits per heavy atom. The van der Waals surface area contributed by atoms with E-state index in [-0.39, 0.29) is 0 Å². The van der Waals surface area contributed by atoms with Crippen LogP contribution in [0.2, 0.25) is 0 Å². The van der Waals surface area contributed by atoms with Crippen molar-refractivity contribution in [3.8, 4) is 0 Å². The van der Waals surface area contributed by atoms with Gasteiger partial charge in [0, 0.05) is 32.7 Å². The highest BCUT2D eigenvalue weighted by Gasteiger charge is 2.11. The van der Waals surface area contributed by atoms with Crippen LogP contribution in [0.15, 0.2) is 12.7 Å². The van der Waals surface area contributed by atoms with E-state index in [4.69, 9.17) is 0 Å². The predicted molar refractivity (Wildman–Crippen MR) is 47.2 cm³/mol. The van der Waals surface area contributed by atoms with Crippen molar-refractivity contribution in [1.29, 1.82) is 0 Å². The molecule has 10 heavy (non-hydrogen) atoms. The van der Waals surface area contributed by atoms with Crippen LogP contribution in [0, 0.1) is 0 Å². The number of hydrogen-bond donors (Lipinski definition) is 1. The Labute approximate surface area is 68.0 Å². The average molecular weight is 158 g/mol. The number of thiol groups is 1. The molecule has 1 heterocycles. The molecule has 0 aromatic heterocycles. The summed E-state index contributed by atoms with van der Waals surface area (Å²) in [5, 5.41) is 0. The van der Waals surface area contributed by atoms with Crippen molar-refractivity contribution in [2.45, 2.75) is 0 Å². The minimum Gasteiger partial charge on any atom is -0.297 e. The molecule has 1 aliphatic rings. The SMILES string of the molecule is C=CCN1CCN(S)CC1. The highest BCUT2D eigenvalue weighted by molar-refractivity contribution is 7.77. The first-order chi connectivity index (χ1) is 4.83. The maximum Gasteiger partial charge on any atom is 0.0216 e. The highest BCUT2D eigenvalue weighted by Crippen LogP contribution is 2.02. The average Bonchev–Trinajstić information content (AvgIpc) is 1.95. The van der Waals surface area contributed by atoms with Gasteiger partial charge in [-0.3, -0.25) is 9.21 Å². The van der Waals surface area contributed by atoms with Crippen LogP contribution < -0.4 is 0 Å². The van der Waals surface area contributed by atoms with Crippen molar-refractivity contribution in [2.24, 2.45) is 0 Å². The van der Waals surface area contributed by atoms with Gasteiger partial charge in [-0.05, 0) is 0 Å². The molecule has 0 aromatic rings. The molecule has 0 saturated carbocycles. The van der Waals surface area contributed by atoms with Crippen molar-refractivity contribution >= 4 is 12.8 Å². The molecule has 0 radical (unpaired) electrons. The van der Waals surface area contributed by atoms with Gasteiger partial charge < -0.3 is 0 Å². The normalized spacial score (nSPS) is 22.9. The molecule has 58 valence electrons. The quantitative estimate of drug-likeness (QED) is 0.465. The van der Waals surface area contributed by atoms with Crippen LogP contribution in [0.5, 0.6) is 0 Å². The minimum absolute atomic E-state index is 1.02. The van der Waals surface area contributed by atoms with Crippen molar-refractivity contribution in [2.75, 3.05) is 32.7 Å². The van der Waals surface area contributed by atoms with E-state index in [0.29, 0.717) is 0 Å². The standard InChI is InChI=1S/C7H14N2S/c1-2-3-8-4-6-9(10)7-5-8/h2,10H,1,3-7H2. The number of piperazine rings is 1. The zero-order valence-corrected chi connectivity index (χ0v) is 7.06. The van der Waals surface area contributed by atoms with Gasteiger partial charge in [-0.2, -0.15) is 0 Å². The van der Waals surface area contributed by atoms with Gasteiger partial charge in [-0.25, -0.2) is 0 Å². The van der Waals surface area contributed by atoms with E-state index in [2.05, 4.69) is 28.6 Å². The van der Waals surface area contributed by atoms with Gasteiger partial charge in [-0.15, -0.1) is 6.58 Å². The van der Waals surface area contributed by atoms with Crippen molar-refractivity contribution < 1.29 is 0 Å². The number of rotatable bonds is 2. The third-order valence-corrected chi connectivity index (χ3v) is 2.14. The van der Waals surface area contributed by atoms with Crippen LogP contribution in [0.4, 0.5) is 0 Å². The number of nitrogens with zero attached hydrogens (tertiary/aromatic N) is 2. The van der Waals surface area contributed by atoms with Crippen molar-refractivity contribution in [3.05, 3.63) is 12.7 Å². The van der Waals surface area contributed by atoms with Gasteiger partial charge in [-0.1, -0.05) is 18.9 Å². The van der Waals surface area contributed by atoms with Crippen LogP contribution in [0.25, 0.3) is 0 Å². The lowest BCUT2D eigenvalue weighted by Crippen LogP contribution is -2.42. The van der Waals surface area contributed by atoms with E-state index in [0.717, 1.165) is 32.7 Å². The molecule has 1 aliphatic heterocycles. The van der Waals surface area contributed by atoms with Crippen LogP contribution >= 0.6 is 12.8 Å². The van der Waals surface area contributed by atoms with Gasteiger partial charge in [0.05, 0.1) is 0 Å². The molecule has 0 unspecified atom stereocenters. The summed E-state index contributed by atoms with van der Waals surface area (Å²) in [6.45, 7) is 9.09. The summed E-state index contributed by atoms with van der Waals surface area (Å²) in [6.07, 6.45) is 1.95. The Kier molecular flexibility index (Phi) is 3.25. The molecule has 0 bridgehead atoms. The fourth-order valence-electron chi connectivity index (χ4n) is 1.10. The molecule has 0 amide bonds. The first kappa shape index (κ1) is 8.11. The second-order valence-corrected chi connectivity index (χ2v) is 3.11. The lowest BCUT2D eigenvalue weighted by Gasteiger charge is -2.30. The summed E-state index contributed by atoms with van der Waals surface area (Å²) in [6, 6.07) is 0. The van der Waals surface area contributed by atoms with Gasteiger partial charge in [0.2, 0.25) is 0 Å². The summed E-state index contributed by atoms with van der Waals surface area (Å²) < 4.78 is 2.06. The second kappa shape index (κ2) is 4.01. The van der Waals surface area contributed by atoms with Crippen molar-refractivity contribution in [3.63, 3.8) is 0 Å². The Morgan fingerprint density at radius 3 is 2.40 bits per heavy atom. The molecular weight excluding hydrogens is 144 g/mol. The zero-order chi connectivity index (χ0) is 7.40. The lowest BCUT2D eigenvalue weighted by molar-refractivity contribution is 0.215. The Morgan fingerprint density at radius 1 is 1.30 bits per heavy atom. The predicted octanol–water partition coefficient (Wildman–Crippen LogP) is 0.635. The fraction of sp³-hybridized carbons (Fsp3) is 0.714.